The summed E-state index contributed by atoms with van der Waals surface area (Å²) in [5, 5.41) is 3.45. The van der Waals surface area contributed by atoms with Crippen molar-refractivity contribution in [1.82, 2.24) is 10.2 Å². The van der Waals surface area contributed by atoms with Crippen LogP contribution in [0, 0.1) is 0 Å². The van der Waals surface area contributed by atoms with Crippen molar-refractivity contribution in [2.24, 2.45) is 0 Å². The Morgan fingerprint density at radius 3 is 1.79 bits per heavy atom. The van der Waals surface area contributed by atoms with E-state index >= 15 is 0 Å². The van der Waals surface area contributed by atoms with Crippen molar-refractivity contribution in [2.75, 3.05) is 19.4 Å². The zero-order valence-corrected chi connectivity index (χ0v) is 11.7. The van der Waals surface area contributed by atoms with Gasteiger partial charge in [-0.15, -0.1) is 0 Å². The smallest absolute Gasteiger partial charge is 0.233 e. The molecule has 0 aromatic rings. The van der Waals surface area contributed by atoms with Crippen LogP contribution < -0.4 is 5.32 Å². The van der Waals surface area contributed by atoms with E-state index in [-0.39, 0.29) is 5.91 Å². The van der Waals surface area contributed by atoms with Crippen molar-refractivity contribution in [3.63, 3.8) is 0 Å². The molecule has 0 radical (unpaired) electrons. The van der Waals surface area contributed by atoms with Gasteiger partial charge in [0.05, 0.1) is 5.33 Å². The van der Waals surface area contributed by atoms with Gasteiger partial charge >= 0.3 is 0 Å². The largest absolute Gasteiger partial charge is 0.343 e. The van der Waals surface area contributed by atoms with Crippen LogP contribution in [0.3, 0.4) is 0 Å². The molecule has 1 amide bonds. The first-order chi connectivity index (χ1) is 6.36. The van der Waals surface area contributed by atoms with Crippen LogP contribution in [-0.2, 0) is 4.79 Å². The number of halogens is 1. The van der Waals surface area contributed by atoms with Crippen LogP contribution >= 0.6 is 15.9 Å². The van der Waals surface area contributed by atoms with E-state index in [1.807, 2.05) is 20.9 Å². The lowest BCUT2D eigenvalue weighted by Gasteiger charge is -2.19. The molecule has 0 saturated carbocycles. The summed E-state index contributed by atoms with van der Waals surface area (Å²) in [6.07, 6.45) is 0. The lowest BCUT2D eigenvalue weighted by molar-refractivity contribution is -0.128. The van der Waals surface area contributed by atoms with Crippen LogP contribution in [-0.4, -0.2) is 42.3 Å². The first-order valence-corrected chi connectivity index (χ1v) is 5.97. The molecule has 0 atom stereocenters. The van der Waals surface area contributed by atoms with Gasteiger partial charge in [-0.25, -0.2) is 0 Å². The molecule has 0 fully saturated rings. The number of nitrogens with one attached hydrogen (secondary N) is 1. The molecule has 0 aromatic heterocycles. The molecule has 86 valence electrons. The van der Waals surface area contributed by atoms with Crippen LogP contribution in [0.15, 0.2) is 0 Å². The number of alkyl halides is 1. The molecule has 0 aliphatic rings. The maximum Gasteiger partial charge on any atom is 0.233 e. The van der Waals surface area contributed by atoms with Crippen molar-refractivity contribution in [2.45, 2.75) is 39.8 Å². The average molecular weight is 267 g/mol. The fraction of sp³-hybridized carbons (Fsp3) is 0.900. The highest BCUT2D eigenvalue weighted by molar-refractivity contribution is 9.09. The van der Waals surface area contributed by atoms with Crippen molar-refractivity contribution in [3.8, 4) is 0 Å². The molecule has 4 heteroatoms. The van der Waals surface area contributed by atoms with Gasteiger partial charge in [0.2, 0.25) is 5.91 Å². The van der Waals surface area contributed by atoms with E-state index in [2.05, 4.69) is 35.1 Å². The van der Waals surface area contributed by atoms with Crippen LogP contribution in [0.25, 0.3) is 0 Å². The van der Waals surface area contributed by atoms with Gasteiger partial charge in [0.1, 0.15) is 0 Å². The van der Waals surface area contributed by atoms with Crippen molar-refractivity contribution in [3.05, 3.63) is 0 Å². The summed E-state index contributed by atoms with van der Waals surface area (Å²) in [5.74, 6) is 0.130. The maximum absolute atomic E-state index is 10.8. The molecule has 0 spiro atoms. The minimum atomic E-state index is 0.130. The molecule has 0 bridgehead atoms. The Bertz CT molecular complexity index is 149. The summed E-state index contributed by atoms with van der Waals surface area (Å²) in [4.78, 5) is 12.5. The monoisotopic (exact) mass is 266 g/mol. The van der Waals surface area contributed by atoms with Gasteiger partial charge in [-0.05, 0) is 20.9 Å². The van der Waals surface area contributed by atoms with Crippen LogP contribution in [0.1, 0.15) is 27.7 Å². The zero-order valence-electron chi connectivity index (χ0n) is 10.1. The second-order valence-electron chi connectivity index (χ2n) is 3.68. The van der Waals surface area contributed by atoms with E-state index < -0.39 is 0 Å². The molecule has 0 aromatic carbocycles. The SMILES string of the molecule is CC(C)N(C)C(=O)CBr.CNC(C)C. The van der Waals surface area contributed by atoms with Crippen molar-refractivity contribution >= 4 is 21.8 Å². The Labute approximate surface area is 96.4 Å². The van der Waals surface area contributed by atoms with Gasteiger partial charge < -0.3 is 10.2 Å². The second kappa shape index (κ2) is 9.46. The van der Waals surface area contributed by atoms with E-state index in [0.717, 1.165) is 0 Å². The van der Waals surface area contributed by atoms with Crippen molar-refractivity contribution < 1.29 is 4.79 Å². The fourth-order valence-corrected chi connectivity index (χ4v) is 0.778. The standard InChI is InChI=1S/C6H12BrNO.C4H11N/c1-5(2)8(3)6(9)4-7;1-4(2)5-3/h5H,4H2,1-3H3;4-5H,1-3H3. The lowest BCUT2D eigenvalue weighted by atomic mass is 10.3. The van der Waals surface area contributed by atoms with E-state index in [1.54, 1.807) is 11.9 Å². The number of hydrogen-bond acceptors (Lipinski definition) is 2. The van der Waals surface area contributed by atoms with Crippen molar-refractivity contribution in [1.29, 1.82) is 0 Å². The first-order valence-electron chi connectivity index (χ1n) is 4.85. The van der Waals surface area contributed by atoms with E-state index in [9.17, 15) is 4.79 Å². The Kier molecular flexibility index (Phi) is 11.0. The maximum atomic E-state index is 10.8. The molecule has 14 heavy (non-hydrogen) atoms. The van der Waals surface area contributed by atoms with E-state index in [0.29, 0.717) is 17.4 Å². The number of carbonyl (C=O) groups is 1. The van der Waals surface area contributed by atoms with E-state index in [4.69, 9.17) is 0 Å². The minimum absolute atomic E-state index is 0.130. The quantitative estimate of drug-likeness (QED) is 0.792. The molecular weight excluding hydrogens is 244 g/mol. The summed E-state index contributed by atoms with van der Waals surface area (Å²) in [5.41, 5.74) is 0. The Hall–Kier alpha value is -0.0900. The molecule has 0 saturated heterocycles. The number of hydrogen-bond donors (Lipinski definition) is 1. The fourth-order valence-electron chi connectivity index (χ4n) is 0.382. The molecule has 0 unspecified atom stereocenters. The molecule has 0 aliphatic carbocycles. The third kappa shape index (κ3) is 9.99. The predicted molar refractivity (Wildman–Crippen MR) is 65.9 cm³/mol. The third-order valence-corrected chi connectivity index (χ3v) is 2.34. The predicted octanol–water partition coefficient (Wildman–Crippen LogP) is 1.86. The molecular formula is C10H23BrN2O. The van der Waals surface area contributed by atoms with E-state index in [1.165, 1.54) is 0 Å². The highest BCUT2D eigenvalue weighted by Gasteiger charge is 2.08. The normalized spacial score (nSPS) is 9.79. The van der Waals surface area contributed by atoms with Gasteiger partial charge in [0.25, 0.3) is 0 Å². The van der Waals surface area contributed by atoms with Gasteiger partial charge in [-0.3, -0.25) is 4.79 Å². The number of carbonyl (C=O) groups excluding carboxylic acids is 1. The Morgan fingerprint density at radius 2 is 1.71 bits per heavy atom. The first kappa shape index (κ1) is 16.3. The van der Waals surface area contributed by atoms with Gasteiger partial charge in [-0.2, -0.15) is 0 Å². The van der Waals surface area contributed by atoms with Crippen LogP contribution in [0.2, 0.25) is 0 Å². The zero-order chi connectivity index (χ0) is 11.7. The molecule has 1 N–H and O–H groups in total. The Morgan fingerprint density at radius 1 is 1.36 bits per heavy atom. The number of rotatable bonds is 3. The van der Waals surface area contributed by atoms with Gasteiger partial charge in [0.15, 0.2) is 0 Å². The summed E-state index contributed by atoms with van der Waals surface area (Å²) in [6, 6.07) is 0.935. The lowest BCUT2D eigenvalue weighted by Crippen LogP contribution is -2.33. The minimum Gasteiger partial charge on any atom is -0.343 e. The van der Waals surface area contributed by atoms with Crippen LogP contribution in [0.4, 0.5) is 0 Å². The second-order valence-corrected chi connectivity index (χ2v) is 4.24. The Balaban J connectivity index is 0. The average Bonchev–Trinajstić information content (AvgIpc) is 2.16. The highest BCUT2D eigenvalue weighted by atomic mass is 79.9. The number of nitrogens with zero attached hydrogens (tertiary/aromatic N) is 1. The van der Waals surface area contributed by atoms with Gasteiger partial charge in [-0.1, -0.05) is 29.8 Å². The summed E-state index contributed by atoms with van der Waals surface area (Å²) in [6.45, 7) is 8.20. The topological polar surface area (TPSA) is 32.3 Å². The van der Waals surface area contributed by atoms with Crippen LogP contribution in [0.5, 0.6) is 0 Å². The molecule has 3 nitrogen and oxygen atoms in total. The number of amides is 1. The van der Waals surface area contributed by atoms with Gasteiger partial charge in [0, 0.05) is 19.1 Å². The molecule has 0 rings (SSSR count). The summed E-state index contributed by atoms with van der Waals surface area (Å²) >= 11 is 3.09. The summed E-state index contributed by atoms with van der Waals surface area (Å²) < 4.78 is 0. The molecule has 0 heterocycles. The molecule has 0 aliphatic heterocycles. The highest BCUT2D eigenvalue weighted by Crippen LogP contribution is 1.95. The third-order valence-electron chi connectivity index (χ3n) is 1.86. The summed E-state index contributed by atoms with van der Waals surface area (Å²) in [7, 11) is 3.75.